The van der Waals surface area contributed by atoms with Gasteiger partial charge < -0.3 is 9.84 Å². The molecule has 0 aromatic heterocycles. The Balaban J connectivity index is 2.62. The molecular weight excluding hydrogens is 175 g/mol. The van der Waals surface area contributed by atoms with Crippen molar-refractivity contribution < 1.29 is 9.84 Å². The van der Waals surface area contributed by atoms with Crippen LogP contribution in [0.25, 0.3) is 0 Å². The highest BCUT2D eigenvalue weighted by molar-refractivity contribution is 6.20. The van der Waals surface area contributed by atoms with Crippen LogP contribution in [0.1, 0.15) is 6.92 Å². The summed E-state index contributed by atoms with van der Waals surface area (Å²) in [6, 6.07) is 0. The number of epoxide rings is 1. The molecule has 1 heterocycles. The molecule has 0 aromatic rings. The normalized spacial score (nSPS) is 37.2. The van der Waals surface area contributed by atoms with E-state index in [1.54, 1.807) is 6.92 Å². The van der Waals surface area contributed by atoms with Crippen LogP contribution in [-0.4, -0.2) is 34.7 Å². The van der Waals surface area contributed by atoms with E-state index in [0.29, 0.717) is 12.5 Å². The van der Waals surface area contributed by atoms with Gasteiger partial charge in [0.1, 0.15) is 11.2 Å². The summed E-state index contributed by atoms with van der Waals surface area (Å²) in [7, 11) is 0. The highest BCUT2D eigenvalue weighted by Crippen LogP contribution is 2.39. The minimum atomic E-state index is -0.990. The third kappa shape index (κ3) is 1.14. The van der Waals surface area contributed by atoms with Gasteiger partial charge in [-0.1, -0.05) is 0 Å². The van der Waals surface area contributed by atoms with Gasteiger partial charge in [-0.3, -0.25) is 0 Å². The molecule has 0 amide bonds. The predicted molar refractivity (Wildman–Crippen MR) is 40.7 cm³/mol. The Morgan fingerprint density at radius 3 is 2.30 bits per heavy atom. The number of rotatable bonds is 3. The smallest absolute Gasteiger partial charge is 0.134 e. The van der Waals surface area contributed by atoms with Gasteiger partial charge in [-0.25, -0.2) is 0 Å². The van der Waals surface area contributed by atoms with Crippen LogP contribution in [-0.2, 0) is 4.74 Å². The van der Waals surface area contributed by atoms with E-state index in [-0.39, 0.29) is 5.88 Å². The van der Waals surface area contributed by atoms with Gasteiger partial charge >= 0.3 is 0 Å². The van der Waals surface area contributed by atoms with Crippen LogP contribution in [0.15, 0.2) is 0 Å². The van der Waals surface area contributed by atoms with Crippen molar-refractivity contribution in [2.24, 2.45) is 0 Å². The van der Waals surface area contributed by atoms with Crippen molar-refractivity contribution >= 4 is 23.2 Å². The van der Waals surface area contributed by atoms with E-state index < -0.39 is 11.2 Å². The molecule has 4 heteroatoms. The molecule has 1 N–H and O–H groups in total. The van der Waals surface area contributed by atoms with Crippen LogP contribution in [0, 0.1) is 0 Å². The van der Waals surface area contributed by atoms with Gasteiger partial charge in [-0.2, -0.15) is 0 Å². The Hall–Kier alpha value is 0.500. The van der Waals surface area contributed by atoms with Gasteiger partial charge in [-0.05, 0) is 6.92 Å². The van der Waals surface area contributed by atoms with Crippen molar-refractivity contribution in [1.82, 2.24) is 0 Å². The largest absolute Gasteiger partial charge is 0.386 e. The summed E-state index contributed by atoms with van der Waals surface area (Å²) in [5.74, 6) is 0.451. The van der Waals surface area contributed by atoms with E-state index in [0.717, 1.165) is 0 Å². The number of hydrogen-bond acceptors (Lipinski definition) is 2. The molecule has 0 radical (unpaired) electrons. The second-order valence-electron chi connectivity index (χ2n) is 2.82. The van der Waals surface area contributed by atoms with Gasteiger partial charge in [-0.15, -0.1) is 23.2 Å². The van der Waals surface area contributed by atoms with Crippen molar-refractivity contribution in [1.29, 1.82) is 0 Å². The van der Waals surface area contributed by atoms with Gasteiger partial charge in [0.2, 0.25) is 0 Å². The maximum absolute atomic E-state index is 9.57. The Bertz CT molecular complexity index is 128. The molecule has 1 fully saturated rings. The van der Waals surface area contributed by atoms with Crippen molar-refractivity contribution in [3.05, 3.63) is 0 Å². The molecule has 2 unspecified atom stereocenters. The quantitative estimate of drug-likeness (QED) is 0.525. The lowest BCUT2D eigenvalue weighted by atomic mass is 9.93. The summed E-state index contributed by atoms with van der Waals surface area (Å²) < 4.78 is 5.03. The zero-order chi connectivity index (χ0) is 7.83. The Kier molecular flexibility index (Phi) is 2.17. The molecule has 1 rings (SSSR count). The summed E-state index contributed by atoms with van der Waals surface area (Å²) >= 11 is 11.1. The second-order valence-corrected chi connectivity index (χ2v) is 3.36. The first-order valence-corrected chi connectivity index (χ1v) is 4.13. The Labute approximate surface area is 70.1 Å². The topological polar surface area (TPSA) is 32.8 Å². The molecule has 0 saturated carbocycles. The van der Waals surface area contributed by atoms with Gasteiger partial charge in [0.25, 0.3) is 0 Å². The number of ether oxygens (including phenoxy) is 1. The first-order valence-electron chi connectivity index (χ1n) is 3.06. The third-order valence-corrected chi connectivity index (χ3v) is 2.90. The maximum Gasteiger partial charge on any atom is 0.134 e. The fourth-order valence-electron chi connectivity index (χ4n) is 0.741. The summed E-state index contributed by atoms with van der Waals surface area (Å²) in [6.07, 6.45) is 0. The van der Waals surface area contributed by atoms with E-state index in [1.165, 1.54) is 0 Å². The molecule has 0 bridgehead atoms. The van der Waals surface area contributed by atoms with Crippen LogP contribution < -0.4 is 0 Å². The highest BCUT2D eigenvalue weighted by Gasteiger charge is 2.57. The van der Waals surface area contributed by atoms with E-state index in [9.17, 15) is 5.11 Å². The minimum absolute atomic E-state index is 0.153. The number of halogens is 2. The Morgan fingerprint density at radius 2 is 2.20 bits per heavy atom. The van der Waals surface area contributed by atoms with Crippen molar-refractivity contribution in [2.45, 2.75) is 18.1 Å². The summed E-state index contributed by atoms with van der Waals surface area (Å²) in [5.41, 5.74) is -1.56. The van der Waals surface area contributed by atoms with Gasteiger partial charge in [0.05, 0.1) is 18.4 Å². The molecule has 2 atom stereocenters. The van der Waals surface area contributed by atoms with Crippen molar-refractivity contribution in [3.63, 3.8) is 0 Å². The zero-order valence-electron chi connectivity index (χ0n) is 5.73. The molecule has 10 heavy (non-hydrogen) atoms. The summed E-state index contributed by atoms with van der Waals surface area (Å²) in [5, 5.41) is 9.57. The lowest BCUT2D eigenvalue weighted by molar-refractivity contribution is 0.00769. The lowest BCUT2D eigenvalue weighted by Gasteiger charge is -2.25. The molecule has 1 aliphatic rings. The fraction of sp³-hybridized carbons (Fsp3) is 1.00. The average molecular weight is 185 g/mol. The van der Waals surface area contributed by atoms with E-state index in [2.05, 4.69) is 0 Å². The predicted octanol–water partition coefficient (Wildman–Crippen LogP) is 0.984. The molecular formula is C6H10Cl2O2. The standard InChI is InChI=1S/C6H10Cl2O2/c1-5(9,2-7)6(3-8)4-10-6/h9H,2-4H2,1H3. The first-order chi connectivity index (χ1) is 4.58. The second kappa shape index (κ2) is 2.52. The third-order valence-electron chi connectivity index (χ3n) is 1.95. The number of alkyl halides is 2. The molecule has 2 nitrogen and oxygen atoms in total. The number of hydrogen-bond donors (Lipinski definition) is 1. The first kappa shape index (κ1) is 8.60. The van der Waals surface area contributed by atoms with Crippen LogP contribution in [0.5, 0.6) is 0 Å². The SMILES string of the molecule is CC(O)(CCl)C1(CCl)CO1. The average Bonchev–Trinajstić information content (AvgIpc) is 2.67. The van der Waals surface area contributed by atoms with Gasteiger partial charge in [0.15, 0.2) is 0 Å². The van der Waals surface area contributed by atoms with E-state index in [1.807, 2.05) is 0 Å². The highest BCUT2D eigenvalue weighted by atomic mass is 35.5. The van der Waals surface area contributed by atoms with Crippen LogP contribution >= 0.6 is 23.2 Å². The molecule has 0 spiro atoms. The Morgan fingerprint density at radius 1 is 1.70 bits per heavy atom. The maximum atomic E-state index is 9.57. The molecule has 60 valence electrons. The summed E-state index contributed by atoms with van der Waals surface area (Å²) in [6.45, 7) is 2.14. The number of aliphatic hydroxyl groups is 1. The van der Waals surface area contributed by atoms with Crippen LogP contribution in [0.2, 0.25) is 0 Å². The van der Waals surface area contributed by atoms with E-state index >= 15 is 0 Å². The fourth-order valence-corrected chi connectivity index (χ4v) is 1.43. The minimum Gasteiger partial charge on any atom is -0.386 e. The van der Waals surface area contributed by atoms with Crippen LogP contribution in [0.3, 0.4) is 0 Å². The zero-order valence-corrected chi connectivity index (χ0v) is 7.24. The van der Waals surface area contributed by atoms with Crippen LogP contribution in [0.4, 0.5) is 0 Å². The molecule has 1 aliphatic heterocycles. The van der Waals surface area contributed by atoms with Crippen molar-refractivity contribution in [2.75, 3.05) is 18.4 Å². The van der Waals surface area contributed by atoms with E-state index in [4.69, 9.17) is 27.9 Å². The molecule has 1 saturated heterocycles. The monoisotopic (exact) mass is 184 g/mol. The molecule has 0 aliphatic carbocycles. The van der Waals surface area contributed by atoms with Gasteiger partial charge in [0, 0.05) is 0 Å². The lowest BCUT2D eigenvalue weighted by Crippen LogP contribution is -2.45. The summed E-state index contributed by atoms with van der Waals surface area (Å²) in [4.78, 5) is 0. The van der Waals surface area contributed by atoms with Crippen molar-refractivity contribution in [3.8, 4) is 0 Å². The molecule has 0 aromatic carbocycles.